The van der Waals surface area contributed by atoms with Crippen LogP contribution in [0.1, 0.15) is 39.5 Å². The van der Waals surface area contributed by atoms with E-state index < -0.39 is 0 Å². The van der Waals surface area contributed by atoms with Crippen LogP contribution in [-0.2, 0) is 14.3 Å². The van der Waals surface area contributed by atoms with Crippen LogP contribution in [0.3, 0.4) is 0 Å². The molecule has 0 fully saturated rings. The Balaban J connectivity index is 3.65. The molecule has 0 heterocycles. The predicted octanol–water partition coefficient (Wildman–Crippen LogP) is 1.52. The van der Waals surface area contributed by atoms with E-state index in [4.69, 9.17) is 0 Å². The molecule has 1 amide bonds. The van der Waals surface area contributed by atoms with Crippen LogP contribution in [0.2, 0.25) is 0 Å². The van der Waals surface area contributed by atoms with Gasteiger partial charge in [0.1, 0.15) is 0 Å². The topological polar surface area (TPSA) is 49.9 Å². The maximum absolute atomic E-state index is 11.8. The van der Waals surface area contributed by atoms with Crippen molar-refractivity contribution in [1.29, 1.82) is 0 Å². The lowest BCUT2D eigenvalue weighted by Gasteiger charge is -2.20. The molecule has 0 aromatic heterocycles. The smallest absolute Gasteiger partial charge is 0.305 e. The molecular weight excluding hydrogens is 244 g/mol. The summed E-state index contributed by atoms with van der Waals surface area (Å²) in [6.45, 7) is 7.30. The van der Waals surface area contributed by atoms with Gasteiger partial charge in [-0.3, -0.25) is 9.59 Å². The molecule has 0 aliphatic heterocycles. The van der Waals surface area contributed by atoms with Crippen molar-refractivity contribution in [2.45, 2.75) is 39.5 Å². The van der Waals surface area contributed by atoms with Crippen LogP contribution in [0.4, 0.5) is 0 Å². The lowest BCUT2D eigenvalue weighted by molar-refractivity contribution is -0.140. The van der Waals surface area contributed by atoms with Crippen molar-refractivity contribution < 1.29 is 14.3 Å². The van der Waals surface area contributed by atoms with Crippen LogP contribution in [0, 0.1) is 0 Å². The van der Waals surface area contributed by atoms with Crippen LogP contribution in [-0.4, -0.2) is 62.0 Å². The molecule has 19 heavy (non-hydrogen) atoms. The van der Waals surface area contributed by atoms with Crippen molar-refractivity contribution >= 4 is 11.9 Å². The number of hydrogen-bond acceptors (Lipinski definition) is 4. The molecule has 0 spiro atoms. The van der Waals surface area contributed by atoms with Gasteiger partial charge in [-0.15, -0.1) is 0 Å². The maximum atomic E-state index is 11.8. The summed E-state index contributed by atoms with van der Waals surface area (Å²) in [4.78, 5) is 26.7. The molecule has 0 atom stereocenters. The van der Waals surface area contributed by atoms with Gasteiger partial charge in [0.25, 0.3) is 0 Å². The number of ether oxygens (including phenoxy) is 1. The number of amides is 1. The Hall–Kier alpha value is -1.10. The largest absolute Gasteiger partial charge is 0.469 e. The molecule has 0 radical (unpaired) electrons. The fourth-order valence-corrected chi connectivity index (χ4v) is 1.94. The van der Waals surface area contributed by atoms with Gasteiger partial charge in [-0.05, 0) is 46.8 Å². The number of methoxy groups -OCH3 is 1. The number of carbonyl (C=O) groups excluding carboxylic acids is 2. The zero-order chi connectivity index (χ0) is 14.7. The average molecular weight is 272 g/mol. The minimum absolute atomic E-state index is 0.162. The van der Waals surface area contributed by atoms with Crippen molar-refractivity contribution in [2.75, 3.05) is 40.3 Å². The van der Waals surface area contributed by atoms with Crippen LogP contribution in [0.25, 0.3) is 0 Å². The molecule has 0 bridgehead atoms. The van der Waals surface area contributed by atoms with Gasteiger partial charge >= 0.3 is 5.97 Å². The van der Waals surface area contributed by atoms with Gasteiger partial charge in [-0.1, -0.05) is 0 Å². The molecular formula is C14H28N2O3. The van der Waals surface area contributed by atoms with E-state index in [0.29, 0.717) is 12.8 Å². The third kappa shape index (κ3) is 8.59. The molecule has 0 saturated heterocycles. The summed E-state index contributed by atoms with van der Waals surface area (Å²) in [5.74, 6) is 0.0677. The molecule has 0 aliphatic rings. The number of hydrogen-bond donors (Lipinski definition) is 0. The van der Waals surface area contributed by atoms with E-state index in [9.17, 15) is 9.59 Å². The number of rotatable bonds is 10. The van der Waals surface area contributed by atoms with E-state index in [0.717, 1.165) is 39.0 Å². The first-order chi connectivity index (χ1) is 9.04. The van der Waals surface area contributed by atoms with Crippen LogP contribution in [0.5, 0.6) is 0 Å². The van der Waals surface area contributed by atoms with E-state index in [-0.39, 0.29) is 11.9 Å². The molecule has 0 saturated carbocycles. The highest BCUT2D eigenvalue weighted by Gasteiger charge is 2.09. The molecule has 0 aromatic rings. The van der Waals surface area contributed by atoms with Crippen molar-refractivity contribution in [3.05, 3.63) is 0 Å². The maximum Gasteiger partial charge on any atom is 0.305 e. The van der Waals surface area contributed by atoms with Crippen molar-refractivity contribution in [1.82, 2.24) is 9.80 Å². The van der Waals surface area contributed by atoms with Gasteiger partial charge in [0.2, 0.25) is 5.91 Å². The Morgan fingerprint density at radius 1 is 1.00 bits per heavy atom. The van der Waals surface area contributed by atoms with E-state index in [2.05, 4.69) is 9.64 Å². The fourth-order valence-electron chi connectivity index (χ4n) is 1.94. The van der Waals surface area contributed by atoms with Gasteiger partial charge in [-0.25, -0.2) is 0 Å². The first-order valence-corrected chi connectivity index (χ1v) is 7.08. The van der Waals surface area contributed by atoms with Crippen molar-refractivity contribution in [3.63, 3.8) is 0 Å². The summed E-state index contributed by atoms with van der Waals surface area (Å²) in [6, 6.07) is 0. The summed E-state index contributed by atoms with van der Waals surface area (Å²) in [5.41, 5.74) is 0. The third-order valence-corrected chi connectivity index (χ3v) is 3.20. The highest BCUT2D eigenvalue weighted by molar-refractivity contribution is 5.76. The Kier molecular flexibility index (Phi) is 10.2. The molecule has 0 rings (SSSR count). The van der Waals surface area contributed by atoms with E-state index >= 15 is 0 Å². The normalized spacial score (nSPS) is 10.6. The zero-order valence-corrected chi connectivity index (χ0v) is 12.8. The first-order valence-electron chi connectivity index (χ1n) is 7.08. The van der Waals surface area contributed by atoms with E-state index in [1.807, 2.05) is 25.8 Å². The number of nitrogens with zero attached hydrogens (tertiary/aromatic N) is 2. The average Bonchev–Trinajstić information content (AvgIpc) is 2.39. The van der Waals surface area contributed by atoms with Crippen LogP contribution >= 0.6 is 0 Å². The Morgan fingerprint density at radius 2 is 1.53 bits per heavy atom. The highest BCUT2D eigenvalue weighted by atomic mass is 16.5. The standard InChI is InChI=1S/C14H28N2O3/c1-5-16(6-2)13(17)9-7-11-15(3)12-8-10-14(18)19-4/h5-12H2,1-4H3. The van der Waals surface area contributed by atoms with Gasteiger partial charge in [0, 0.05) is 25.9 Å². The third-order valence-electron chi connectivity index (χ3n) is 3.20. The zero-order valence-electron chi connectivity index (χ0n) is 12.8. The SMILES string of the molecule is CCN(CC)C(=O)CCCN(C)CCCC(=O)OC. The van der Waals surface area contributed by atoms with Crippen LogP contribution in [0.15, 0.2) is 0 Å². The molecule has 0 unspecified atom stereocenters. The van der Waals surface area contributed by atoms with Crippen LogP contribution < -0.4 is 0 Å². The van der Waals surface area contributed by atoms with Gasteiger partial charge < -0.3 is 14.5 Å². The predicted molar refractivity (Wildman–Crippen MR) is 75.9 cm³/mol. The molecule has 112 valence electrons. The highest BCUT2D eigenvalue weighted by Crippen LogP contribution is 2.01. The molecule has 5 heteroatoms. The quantitative estimate of drug-likeness (QED) is 0.566. The second-order valence-electron chi connectivity index (χ2n) is 4.65. The summed E-state index contributed by atoms with van der Waals surface area (Å²) < 4.78 is 4.59. The minimum Gasteiger partial charge on any atom is -0.469 e. The summed E-state index contributed by atoms with van der Waals surface area (Å²) >= 11 is 0. The van der Waals surface area contributed by atoms with Gasteiger partial charge in [0.15, 0.2) is 0 Å². The van der Waals surface area contributed by atoms with Crippen molar-refractivity contribution in [2.24, 2.45) is 0 Å². The van der Waals surface area contributed by atoms with E-state index in [1.54, 1.807) is 0 Å². The minimum atomic E-state index is -0.162. The first kappa shape index (κ1) is 17.9. The number of carbonyl (C=O) groups is 2. The van der Waals surface area contributed by atoms with Gasteiger partial charge in [-0.2, -0.15) is 0 Å². The lowest BCUT2D eigenvalue weighted by Crippen LogP contribution is -2.31. The molecule has 5 nitrogen and oxygen atoms in total. The Morgan fingerprint density at radius 3 is 2.00 bits per heavy atom. The summed E-state index contributed by atoms with van der Waals surface area (Å²) in [6.07, 6.45) is 2.72. The summed E-state index contributed by atoms with van der Waals surface area (Å²) in [5, 5.41) is 0. The fraction of sp³-hybridized carbons (Fsp3) is 0.857. The molecule has 0 N–H and O–H groups in total. The van der Waals surface area contributed by atoms with Crippen molar-refractivity contribution in [3.8, 4) is 0 Å². The second kappa shape index (κ2) is 10.8. The lowest BCUT2D eigenvalue weighted by atomic mass is 10.2. The monoisotopic (exact) mass is 272 g/mol. The molecule has 0 aromatic carbocycles. The summed E-state index contributed by atoms with van der Waals surface area (Å²) in [7, 11) is 3.42. The second-order valence-corrected chi connectivity index (χ2v) is 4.65. The molecule has 0 aliphatic carbocycles. The van der Waals surface area contributed by atoms with E-state index in [1.165, 1.54) is 7.11 Å². The van der Waals surface area contributed by atoms with Gasteiger partial charge in [0.05, 0.1) is 7.11 Å². The number of esters is 1. The Bertz CT molecular complexity index is 265. The Labute approximate surface area is 116 Å².